The molecule has 0 aliphatic carbocycles. The number of hydrogen-bond acceptors (Lipinski definition) is 8. The molecule has 2 aliphatic rings. The number of ether oxygens (including phenoxy) is 2. The molecule has 3 aromatic carbocycles. The van der Waals surface area contributed by atoms with Gasteiger partial charge in [-0.05, 0) is 60.5 Å². The number of halogens is 2. The average Bonchev–Trinajstić information content (AvgIpc) is 3.72. The molecule has 0 spiro atoms. The zero-order valence-electron chi connectivity index (χ0n) is 21.5. The molecule has 39 heavy (non-hydrogen) atoms. The Morgan fingerprint density at radius 2 is 1.97 bits per heavy atom. The lowest BCUT2D eigenvalue weighted by atomic mass is 10.1. The molecule has 3 atom stereocenters. The third-order valence-electron chi connectivity index (χ3n) is 6.94. The summed E-state index contributed by atoms with van der Waals surface area (Å²) in [7, 11) is 0. The van der Waals surface area contributed by atoms with Crippen molar-refractivity contribution in [2.45, 2.75) is 25.8 Å². The van der Waals surface area contributed by atoms with E-state index < -0.39 is 0 Å². The van der Waals surface area contributed by atoms with Crippen LogP contribution in [0.4, 0.5) is 15.9 Å². The Labute approximate surface area is 231 Å². The topological polar surface area (TPSA) is 71.8 Å². The fourth-order valence-corrected chi connectivity index (χ4v) is 4.95. The van der Waals surface area contributed by atoms with Gasteiger partial charge in [0.1, 0.15) is 36.5 Å². The maximum atomic E-state index is 13.4. The normalized spacial score (nSPS) is 20.1. The van der Waals surface area contributed by atoms with Crippen molar-refractivity contribution in [1.29, 1.82) is 0 Å². The molecule has 0 saturated carbocycles. The van der Waals surface area contributed by atoms with Crippen LogP contribution in [0.3, 0.4) is 0 Å². The molecular weight excluding hydrogens is 521 g/mol. The molecule has 2 aliphatic heterocycles. The summed E-state index contributed by atoms with van der Waals surface area (Å²) >= 11 is 6.50. The average molecular weight is 550 g/mol. The van der Waals surface area contributed by atoms with Crippen molar-refractivity contribution in [3.05, 3.63) is 89.0 Å². The van der Waals surface area contributed by atoms with Gasteiger partial charge in [-0.3, -0.25) is 9.74 Å². The summed E-state index contributed by atoms with van der Waals surface area (Å²) in [6.45, 7) is 6.39. The number of fused-ring (bicyclic) bond motifs is 1. The van der Waals surface area contributed by atoms with Crippen molar-refractivity contribution in [2.24, 2.45) is 0 Å². The largest absolute Gasteiger partial charge is 0.487 e. The highest BCUT2D eigenvalue weighted by molar-refractivity contribution is 6.32. The Morgan fingerprint density at radius 1 is 1.10 bits per heavy atom. The molecule has 1 aromatic heterocycles. The van der Waals surface area contributed by atoms with Crippen molar-refractivity contribution in [3.8, 4) is 5.75 Å². The van der Waals surface area contributed by atoms with Gasteiger partial charge >= 0.3 is 0 Å². The van der Waals surface area contributed by atoms with Crippen LogP contribution >= 0.6 is 11.6 Å². The Morgan fingerprint density at radius 3 is 2.79 bits per heavy atom. The monoisotopic (exact) mass is 549 g/mol. The minimum Gasteiger partial charge on any atom is -0.487 e. The van der Waals surface area contributed by atoms with E-state index in [0.29, 0.717) is 16.6 Å². The zero-order valence-corrected chi connectivity index (χ0v) is 22.3. The van der Waals surface area contributed by atoms with Crippen LogP contribution in [0.25, 0.3) is 10.9 Å². The van der Waals surface area contributed by atoms with Gasteiger partial charge in [0.2, 0.25) is 0 Å². The van der Waals surface area contributed by atoms with Crippen LogP contribution in [0.15, 0.2) is 67.0 Å². The summed E-state index contributed by atoms with van der Waals surface area (Å²) in [4.78, 5) is 17.4. The standard InChI is InChI=1S/C29H29ClFN5O3/c1-19(35-9-11-37-12-10-35)39-36-16-27(36)21-5-7-26-24(14-21)29(33-18-32-26)34-23-6-8-28(25(30)15-23)38-17-20-3-2-4-22(31)13-20/h2-8,13-15,18-19,27H,9-12,16-17H2,1H3,(H,32,33,34). The van der Waals surface area contributed by atoms with Crippen molar-refractivity contribution < 1.29 is 18.7 Å². The molecule has 202 valence electrons. The highest BCUT2D eigenvalue weighted by Crippen LogP contribution is 2.38. The molecule has 2 fully saturated rings. The van der Waals surface area contributed by atoms with Crippen LogP contribution in [-0.2, 0) is 16.2 Å². The minimum atomic E-state index is -0.300. The Balaban J connectivity index is 1.13. The Hall–Kier alpha value is -3.34. The van der Waals surface area contributed by atoms with Crippen LogP contribution < -0.4 is 10.1 Å². The molecular formula is C29H29ClFN5O3. The first-order chi connectivity index (χ1) is 19.0. The predicted molar refractivity (Wildman–Crippen MR) is 147 cm³/mol. The summed E-state index contributed by atoms with van der Waals surface area (Å²) in [5.74, 6) is 0.897. The smallest absolute Gasteiger partial charge is 0.141 e. The Bertz CT molecular complexity index is 1470. The second-order valence-corrected chi connectivity index (χ2v) is 10.1. The van der Waals surface area contributed by atoms with Crippen molar-refractivity contribution >= 4 is 34.0 Å². The summed E-state index contributed by atoms with van der Waals surface area (Å²) in [6.07, 6.45) is 1.55. The number of anilines is 2. The van der Waals surface area contributed by atoms with Crippen LogP contribution in [0.5, 0.6) is 5.75 Å². The fourth-order valence-electron chi connectivity index (χ4n) is 4.72. The van der Waals surface area contributed by atoms with Gasteiger partial charge in [-0.25, -0.2) is 14.4 Å². The van der Waals surface area contributed by atoms with E-state index in [2.05, 4.69) is 39.2 Å². The quantitative estimate of drug-likeness (QED) is 0.266. The van der Waals surface area contributed by atoms with E-state index in [9.17, 15) is 4.39 Å². The number of aromatic nitrogens is 2. The van der Waals surface area contributed by atoms with Gasteiger partial charge in [0.05, 0.1) is 29.8 Å². The maximum Gasteiger partial charge on any atom is 0.141 e. The number of hydrogen-bond donors (Lipinski definition) is 1. The molecule has 10 heteroatoms. The van der Waals surface area contributed by atoms with Crippen molar-refractivity contribution in [1.82, 2.24) is 19.9 Å². The predicted octanol–water partition coefficient (Wildman–Crippen LogP) is 5.71. The van der Waals surface area contributed by atoms with Gasteiger partial charge in [0.15, 0.2) is 0 Å². The molecule has 4 aromatic rings. The molecule has 8 nitrogen and oxygen atoms in total. The molecule has 0 radical (unpaired) electrons. The number of hydroxylamine groups is 2. The lowest BCUT2D eigenvalue weighted by Crippen LogP contribution is -2.44. The molecule has 2 saturated heterocycles. The first-order valence-corrected chi connectivity index (χ1v) is 13.3. The van der Waals surface area contributed by atoms with Gasteiger partial charge in [-0.15, -0.1) is 0 Å². The lowest BCUT2D eigenvalue weighted by molar-refractivity contribution is -0.189. The number of benzene rings is 3. The molecule has 1 N–H and O–H groups in total. The van der Waals surface area contributed by atoms with Gasteiger partial charge in [0.25, 0.3) is 0 Å². The molecule has 3 heterocycles. The van der Waals surface area contributed by atoms with Crippen LogP contribution in [0, 0.1) is 5.82 Å². The van der Waals surface area contributed by atoms with Crippen molar-refractivity contribution in [3.63, 3.8) is 0 Å². The third kappa shape index (κ3) is 6.13. The van der Waals surface area contributed by atoms with E-state index in [4.69, 9.17) is 25.9 Å². The van der Waals surface area contributed by atoms with E-state index in [1.807, 2.05) is 17.2 Å². The van der Waals surface area contributed by atoms with Gasteiger partial charge in [-0.1, -0.05) is 29.8 Å². The van der Waals surface area contributed by atoms with Crippen LogP contribution in [0.2, 0.25) is 5.02 Å². The van der Waals surface area contributed by atoms with E-state index in [1.165, 1.54) is 12.1 Å². The third-order valence-corrected chi connectivity index (χ3v) is 7.23. The van der Waals surface area contributed by atoms with E-state index in [-0.39, 0.29) is 24.7 Å². The first kappa shape index (κ1) is 25.9. The lowest BCUT2D eigenvalue weighted by Gasteiger charge is -2.31. The van der Waals surface area contributed by atoms with Crippen LogP contribution in [0.1, 0.15) is 24.1 Å². The van der Waals surface area contributed by atoms with E-state index >= 15 is 0 Å². The van der Waals surface area contributed by atoms with Crippen LogP contribution in [-0.4, -0.2) is 59.0 Å². The summed E-state index contributed by atoms with van der Waals surface area (Å²) < 4.78 is 24.7. The summed E-state index contributed by atoms with van der Waals surface area (Å²) in [5.41, 5.74) is 3.48. The van der Waals surface area contributed by atoms with Gasteiger partial charge < -0.3 is 14.8 Å². The number of nitrogens with one attached hydrogen (secondary N) is 1. The van der Waals surface area contributed by atoms with E-state index in [1.54, 1.807) is 30.6 Å². The highest BCUT2D eigenvalue weighted by atomic mass is 35.5. The maximum absolute atomic E-state index is 13.4. The molecule has 0 bridgehead atoms. The summed E-state index contributed by atoms with van der Waals surface area (Å²) in [6, 6.07) is 18.1. The molecule has 3 unspecified atom stereocenters. The van der Waals surface area contributed by atoms with Gasteiger partial charge in [-0.2, -0.15) is 5.06 Å². The molecule has 0 amide bonds. The fraction of sp³-hybridized carbons (Fsp3) is 0.310. The highest BCUT2D eigenvalue weighted by Gasteiger charge is 2.39. The second kappa shape index (κ2) is 11.4. The number of morpholine rings is 1. The van der Waals surface area contributed by atoms with Crippen molar-refractivity contribution in [2.75, 3.05) is 38.2 Å². The van der Waals surface area contributed by atoms with Gasteiger partial charge in [0, 0.05) is 30.7 Å². The SMILES string of the molecule is CC(ON1CC1c1ccc2ncnc(Nc3ccc(OCc4cccc(F)c4)c(Cl)c3)c2c1)N1CCOCC1. The Kier molecular flexibility index (Phi) is 7.58. The number of nitrogens with zero attached hydrogens (tertiary/aromatic N) is 4. The van der Waals surface area contributed by atoms with E-state index in [0.717, 1.165) is 60.6 Å². The summed E-state index contributed by atoms with van der Waals surface area (Å²) in [5, 5.41) is 6.73. The minimum absolute atomic E-state index is 0.00507. The molecule has 6 rings (SSSR count). The second-order valence-electron chi connectivity index (χ2n) is 9.66. The first-order valence-electron chi connectivity index (χ1n) is 13.0. The number of rotatable bonds is 9. The zero-order chi connectivity index (χ0) is 26.8.